The van der Waals surface area contributed by atoms with Crippen molar-refractivity contribution in [1.82, 2.24) is 15.2 Å². The van der Waals surface area contributed by atoms with E-state index in [1.807, 2.05) is 24.3 Å². The molecule has 0 saturated carbocycles. The molecular formula is C22H23N3O2S. The minimum atomic E-state index is 0.545. The van der Waals surface area contributed by atoms with E-state index < -0.39 is 0 Å². The van der Waals surface area contributed by atoms with Crippen molar-refractivity contribution < 1.29 is 9.15 Å². The van der Waals surface area contributed by atoms with Gasteiger partial charge in [0.25, 0.3) is 11.1 Å². The van der Waals surface area contributed by atoms with Gasteiger partial charge in [0.05, 0.1) is 7.11 Å². The van der Waals surface area contributed by atoms with E-state index in [1.165, 1.54) is 33.8 Å². The number of aryl methyl sites for hydroxylation is 2. The molecule has 0 amide bonds. The monoisotopic (exact) mass is 393 g/mol. The molecule has 2 heterocycles. The van der Waals surface area contributed by atoms with E-state index in [0.717, 1.165) is 35.6 Å². The van der Waals surface area contributed by atoms with Crippen molar-refractivity contribution in [3.8, 4) is 17.3 Å². The summed E-state index contributed by atoms with van der Waals surface area (Å²) in [5.74, 6) is 2.16. The third kappa shape index (κ3) is 3.64. The summed E-state index contributed by atoms with van der Waals surface area (Å²) in [5.41, 5.74) is 5.76. The maximum Gasteiger partial charge on any atom is 0.277 e. The van der Waals surface area contributed by atoms with E-state index in [2.05, 4.69) is 47.2 Å². The Hall–Kier alpha value is -2.73. The number of aromatic amines is 1. The van der Waals surface area contributed by atoms with Crippen LogP contribution in [0.5, 0.6) is 5.75 Å². The number of nitrogens with one attached hydrogen (secondary N) is 1. The summed E-state index contributed by atoms with van der Waals surface area (Å²) in [7, 11) is 1.67. The van der Waals surface area contributed by atoms with Gasteiger partial charge in [-0.2, -0.15) is 0 Å². The Bertz CT molecular complexity index is 1080. The lowest BCUT2D eigenvalue weighted by Gasteiger charge is -2.01. The SMILES string of the molecule is CCc1ccc2[nH]c(-c3nnc(SCc4ccc(OC)cc4)o3)c(CC)c2c1. The first-order chi connectivity index (χ1) is 13.7. The zero-order valence-corrected chi connectivity index (χ0v) is 17.1. The fourth-order valence-electron chi connectivity index (χ4n) is 3.30. The maximum absolute atomic E-state index is 5.95. The summed E-state index contributed by atoms with van der Waals surface area (Å²) >= 11 is 1.53. The van der Waals surface area contributed by atoms with Crippen molar-refractivity contribution in [2.24, 2.45) is 0 Å². The molecule has 6 heteroatoms. The quantitative estimate of drug-likeness (QED) is 0.411. The number of benzene rings is 2. The third-order valence-corrected chi connectivity index (χ3v) is 5.76. The lowest BCUT2D eigenvalue weighted by molar-refractivity contribution is 0.414. The number of hydrogen-bond acceptors (Lipinski definition) is 5. The van der Waals surface area contributed by atoms with Crippen LogP contribution in [0.3, 0.4) is 0 Å². The Morgan fingerprint density at radius 1 is 1.00 bits per heavy atom. The van der Waals surface area contributed by atoms with Crippen molar-refractivity contribution in [3.63, 3.8) is 0 Å². The van der Waals surface area contributed by atoms with Crippen molar-refractivity contribution >= 4 is 22.7 Å². The lowest BCUT2D eigenvalue weighted by atomic mass is 10.0. The second-order valence-corrected chi connectivity index (χ2v) is 7.50. The average molecular weight is 394 g/mol. The Labute approximate surface area is 168 Å². The van der Waals surface area contributed by atoms with Gasteiger partial charge in [0.1, 0.15) is 11.4 Å². The highest BCUT2D eigenvalue weighted by Crippen LogP contribution is 2.32. The number of methoxy groups -OCH3 is 1. The molecule has 144 valence electrons. The van der Waals surface area contributed by atoms with Crippen LogP contribution < -0.4 is 4.74 Å². The normalized spacial score (nSPS) is 11.2. The maximum atomic E-state index is 5.95. The van der Waals surface area contributed by atoms with E-state index in [9.17, 15) is 0 Å². The van der Waals surface area contributed by atoms with Gasteiger partial charge in [-0.05, 0) is 53.8 Å². The summed E-state index contributed by atoms with van der Waals surface area (Å²) in [5, 5.41) is 10.3. The molecule has 0 atom stereocenters. The van der Waals surface area contributed by atoms with Gasteiger partial charge in [-0.15, -0.1) is 10.2 Å². The number of thioether (sulfide) groups is 1. The molecule has 2 aromatic carbocycles. The fraction of sp³-hybridized carbons (Fsp3) is 0.273. The van der Waals surface area contributed by atoms with Crippen molar-refractivity contribution in [3.05, 3.63) is 59.2 Å². The highest BCUT2D eigenvalue weighted by Gasteiger charge is 2.17. The molecule has 0 fully saturated rings. The summed E-state index contributed by atoms with van der Waals surface area (Å²) in [4.78, 5) is 3.46. The summed E-state index contributed by atoms with van der Waals surface area (Å²) in [6.07, 6.45) is 1.92. The van der Waals surface area contributed by atoms with Gasteiger partial charge >= 0.3 is 0 Å². The first-order valence-electron chi connectivity index (χ1n) is 9.44. The second kappa shape index (κ2) is 8.10. The first kappa shape index (κ1) is 18.6. The van der Waals surface area contributed by atoms with Gasteiger partial charge in [0.15, 0.2) is 0 Å². The van der Waals surface area contributed by atoms with Crippen LogP contribution in [-0.4, -0.2) is 22.3 Å². The molecular weight excluding hydrogens is 370 g/mol. The smallest absolute Gasteiger partial charge is 0.277 e. The van der Waals surface area contributed by atoms with E-state index in [1.54, 1.807) is 7.11 Å². The van der Waals surface area contributed by atoms with Crippen LogP contribution in [0.1, 0.15) is 30.5 Å². The number of ether oxygens (including phenoxy) is 1. The predicted molar refractivity (Wildman–Crippen MR) is 113 cm³/mol. The van der Waals surface area contributed by atoms with Crippen molar-refractivity contribution in [1.29, 1.82) is 0 Å². The number of fused-ring (bicyclic) bond motifs is 1. The van der Waals surface area contributed by atoms with Crippen LogP contribution in [0.2, 0.25) is 0 Å². The van der Waals surface area contributed by atoms with E-state index in [0.29, 0.717) is 11.1 Å². The van der Waals surface area contributed by atoms with Crippen LogP contribution in [0.4, 0.5) is 0 Å². The van der Waals surface area contributed by atoms with Crippen LogP contribution >= 0.6 is 11.8 Å². The number of hydrogen-bond donors (Lipinski definition) is 1. The first-order valence-corrected chi connectivity index (χ1v) is 10.4. The van der Waals surface area contributed by atoms with Gasteiger partial charge in [-0.25, -0.2) is 0 Å². The zero-order chi connectivity index (χ0) is 19.5. The van der Waals surface area contributed by atoms with E-state index >= 15 is 0 Å². The number of H-pyrrole nitrogens is 1. The second-order valence-electron chi connectivity index (χ2n) is 6.58. The molecule has 1 N–H and O–H groups in total. The molecule has 5 nitrogen and oxygen atoms in total. The predicted octanol–water partition coefficient (Wildman–Crippen LogP) is 5.64. The molecule has 0 aliphatic carbocycles. The summed E-state index contributed by atoms with van der Waals surface area (Å²) in [6.45, 7) is 4.32. The molecule has 0 unspecified atom stereocenters. The molecule has 2 aromatic heterocycles. The number of aromatic nitrogens is 3. The highest BCUT2D eigenvalue weighted by molar-refractivity contribution is 7.98. The molecule has 28 heavy (non-hydrogen) atoms. The summed E-state index contributed by atoms with van der Waals surface area (Å²) in [6, 6.07) is 14.5. The minimum Gasteiger partial charge on any atom is -0.497 e. The fourth-order valence-corrected chi connectivity index (χ4v) is 4.02. The van der Waals surface area contributed by atoms with Crippen LogP contribution in [0.25, 0.3) is 22.5 Å². The Kier molecular flexibility index (Phi) is 5.39. The highest BCUT2D eigenvalue weighted by atomic mass is 32.2. The van der Waals surface area contributed by atoms with Gasteiger partial charge in [0, 0.05) is 16.7 Å². The zero-order valence-electron chi connectivity index (χ0n) is 16.3. The largest absolute Gasteiger partial charge is 0.497 e. The average Bonchev–Trinajstić information content (AvgIpc) is 3.36. The van der Waals surface area contributed by atoms with Crippen molar-refractivity contribution in [2.75, 3.05) is 7.11 Å². The van der Waals surface area contributed by atoms with Crippen LogP contribution in [-0.2, 0) is 18.6 Å². The van der Waals surface area contributed by atoms with Gasteiger partial charge in [-0.3, -0.25) is 0 Å². The van der Waals surface area contributed by atoms with Crippen LogP contribution in [0.15, 0.2) is 52.1 Å². The Balaban J connectivity index is 1.56. The number of nitrogens with zero attached hydrogens (tertiary/aromatic N) is 2. The number of rotatable bonds is 7. The Morgan fingerprint density at radius 2 is 1.79 bits per heavy atom. The van der Waals surface area contributed by atoms with E-state index in [-0.39, 0.29) is 0 Å². The molecule has 4 aromatic rings. The van der Waals surface area contributed by atoms with Gasteiger partial charge in [0.2, 0.25) is 0 Å². The molecule has 0 aliphatic rings. The Morgan fingerprint density at radius 3 is 2.50 bits per heavy atom. The molecule has 0 aliphatic heterocycles. The molecule has 4 rings (SSSR count). The van der Waals surface area contributed by atoms with Crippen molar-refractivity contribution in [2.45, 2.75) is 37.7 Å². The minimum absolute atomic E-state index is 0.545. The molecule has 0 bridgehead atoms. The molecule has 0 saturated heterocycles. The van der Waals surface area contributed by atoms with E-state index in [4.69, 9.17) is 9.15 Å². The summed E-state index contributed by atoms with van der Waals surface area (Å²) < 4.78 is 11.1. The standard InChI is InChI=1S/C22H23N3O2S/c1-4-14-8-11-19-18(12-14)17(5-2)20(23-19)21-24-25-22(27-21)28-13-15-6-9-16(26-3)10-7-15/h6-12,23H,4-5,13H2,1-3H3. The lowest BCUT2D eigenvalue weighted by Crippen LogP contribution is -1.85. The van der Waals surface area contributed by atoms with Gasteiger partial charge in [-0.1, -0.05) is 43.8 Å². The third-order valence-electron chi connectivity index (χ3n) is 4.87. The molecule has 0 radical (unpaired) electrons. The van der Waals surface area contributed by atoms with Crippen LogP contribution in [0, 0.1) is 0 Å². The topological polar surface area (TPSA) is 63.9 Å². The molecule has 0 spiro atoms. The van der Waals surface area contributed by atoms with Gasteiger partial charge < -0.3 is 14.1 Å².